The van der Waals surface area contributed by atoms with Crippen molar-refractivity contribution in [3.05, 3.63) is 94.1 Å². The van der Waals surface area contributed by atoms with E-state index in [0.717, 1.165) is 0 Å². The lowest BCUT2D eigenvalue weighted by molar-refractivity contribution is -0.139. The molecule has 1 heterocycles. The zero-order chi connectivity index (χ0) is 26.8. The number of allylic oxidation sites excluding steroid dienone is 1. The first-order valence-corrected chi connectivity index (χ1v) is 10.6. The minimum absolute atomic E-state index is 0.0546. The van der Waals surface area contributed by atoms with Crippen LogP contribution in [-0.4, -0.2) is 44.1 Å². The highest BCUT2D eigenvalue weighted by Crippen LogP contribution is 2.32. The molecule has 182 valence electrons. The molecule has 0 radical (unpaired) electrons. The summed E-state index contributed by atoms with van der Waals surface area (Å²) < 4.78 is 10.3. The van der Waals surface area contributed by atoms with Crippen LogP contribution in [0, 0.1) is 24.5 Å². The minimum Gasteiger partial charge on any atom is -0.460 e. The van der Waals surface area contributed by atoms with E-state index in [1.165, 1.54) is 0 Å². The maximum Gasteiger partial charge on any atom is 0.333 e. The molecule has 0 aliphatic carbocycles. The van der Waals surface area contributed by atoms with Crippen molar-refractivity contribution in [3.8, 4) is 6.07 Å². The number of carbonyl (C=O) groups excluding carboxylic acids is 3. The fourth-order valence-electron chi connectivity index (χ4n) is 3.11. The first-order valence-electron chi connectivity index (χ1n) is 10.6. The van der Waals surface area contributed by atoms with Gasteiger partial charge >= 0.3 is 11.9 Å². The second-order valence-electron chi connectivity index (χ2n) is 7.60. The van der Waals surface area contributed by atoms with Gasteiger partial charge in [-0.3, -0.25) is 4.79 Å². The van der Waals surface area contributed by atoms with E-state index in [1.807, 2.05) is 4.90 Å². The third-order valence-corrected chi connectivity index (χ3v) is 4.91. The Labute approximate surface area is 209 Å². The largest absolute Gasteiger partial charge is 0.460 e. The number of nitrogens with zero attached hydrogens (tertiary/aromatic N) is 4. The van der Waals surface area contributed by atoms with Gasteiger partial charge < -0.3 is 19.7 Å². The molecular weight excluding hydrogens is 462 g/mol. The second kappa shape index (κ2) is 12.4. The molecule has 36 heavy (non-hydrogen) atoms. The van der Waals surface area contributed by atoms with Crippen LogP contribution in [0.5, 0.6) is 0 Å². The standard InChI is InChI=1S/C26H23N5O5/c1-16(2)25(33)35-13-11-31(12-14-36-26(34)17(3)4)19-9-7-18(8-10-19)21-23(29-6)22(30-24(21)32)20(15-27)28-5/h7-10H,1,3,11-14H2,2,4H3,(H,30,32)/b22-20+. The molecule has 0 unspecified atom stereocenters. The Hall–Kier alpha value is -5.14. The molecule has 0 saturated heterocycles. The van der Waals surface area contributed by atoms with Gasteiger partial charge in [0.2, 0.25) is 11.6 Å². The van der Waals surface area contributed by atoms with E-state index in [2.05, 4.69) is 28.2 Å². The summed E-state index contributed by atoms with van der Waals surface area (Å²) in [6.07, 6.45) is 0. The van der Waals surface area contributed by atoms with Gasteiger partial charge in [-0.2, -0.15) is 0 Å². The number of hydrogen-bond donors (Lipinski definition) is 1. The van der Waals surface area contributed by atoms with Gasteiger partial charge in [-0.05, 0) is 31.5 Å². The minimum atomic E-state index is -0.588. The normalized spacial score (nSPS) is 13.5. The van der Waals surface area contributed by atoms with Crippen molar-refractivity contribution in [3.63, 3.8) is 0 Å². The van der Waals surface area contributed by atoms with Gasteiger partial charge in [0, 0.05) is 16.8 Å². The van der Waals surface area contributed by atoms with E-state index in [9.17, 15) is 14.4 Å². The smallest absolute Gasteiger partial charge is 0.333 e. The highest BCUT2D eigenvalue weighted by molar-refractivity contribution is 6.25. The number of amides is 1. The van der Waals surface area contributed by atoms with Crippen LogP contribution in [-0.2, 0) is 23.9 Å². The lowest BCUT2D eigenvalue weighted by Gasteiger charge is -2.25. The summed E-state index contributed by atoms with van der Waals surface area (Å²) in [5.74, 6) is -1.63. The average molecular weight is 486 g/mol. The molecule has 1 aliphatic rings. The maximum atomic E-state index is 12.5. The molecule has 0 saturated carbocycles. The first kappa shape index (κ1) is 27.1. The van der Waals surface area contributed by atoms with Crippen LogP contribution in [0.3, 0.4) is 0 Å². The second-order valence-corrected chi connectivity index (χ2v) is 7.60. The average Bonchev–Trinajstić information content (AvgIpc) is 3.19. The number of esters is 2. The molecule has 0 aromatic heterocycles. The maximum absolute atomic E-state index is 12.5. The van der Waals surface area contributed by atoms with E-state index >= 15 is 0 Å². The van der Waals surface area contributed by atoms with E-state index in [4.69, 9.17) is 27.9 Å². The van der Waals surface area contributed by atoms with Crippen molar-refractivity contribution < 1.29 is 23.9 Å². The SMILES string of the molecule is [C-]#[N+]C1=C(c2ccc(N(CCOC(=O)C(=C)C)CCOC(=O)C(=C)C)cc2)C(=O)N/C1=C(\C#N)[N+]#[C-]. The summed E-state index contributed by atoms with van der Waals surface area (Å²) in [5.41, 5.74) is 1.11. The molecule has 0 spiro atoms. The topological polar surface area (TPSA) is 117 Å². The molecular formula is C26H23N5O5. The third kappa shape index (κ3) is 6.47. The van der Waals surface area contributed by atoms with Crippen LogP contribution in [0.25, 0.3) is 15.3 Å². The van der Waals surface area contributed by atoms with Crippen molar-refractivity contribution in [2.45, 2.75) is 13.8 Å². The summed E-state index contributed by atoms with van der Waals surface area (Å²) in [6.45, 7) is 25.4. The van der Waals surface area contributed by atoms with E-state index in [0.29, 0.717) is 11.3 Å². The van der Waals surface area contributed by atoms with Crippen molar-refractivity contribution in [1.29, 1.82) is 5.26 Å². The number of hydrogen-bond acceptors (Lipinski definition) is 7. The Balaban J connectivity index is 2.31. The predicted molar refractivity (Wildman–Crippen MR) is 131 cm³/mol. The van der Waals surface area contributed by atoms with Crippen LogP contribution in [0.2, 0.25) is 0 Å². The van der Waals surface area contributed by atoms with Crippen molar-refractivity contribution >= 4 is 29.1 Å². The number of rotatable bonds is 10. The third-order valence-electron chi connectivity index (χ3n) is 4.91. The number of benzene rings is 1. The Morgan fingerprint density at radius 3 is 2.00 bits per heavy atom. The van der Waals surface area contributed by atoms with Crippen molar-refractivity contribution in [2.75, 3.05) is 31.2 Å². The number of nitrogens with one attached hydrogen (secondary N) is 1. The summed E-state index contributed by atoms with van der Waals surface area (Å²) in [7, 11) is 0. The molecule has 10 heteroatoms. The summed E-state index contributed by atoms with van der Waals surface area (Å²) in [5, 5.41) is 11.6. The molecule has 0 bridgehead atoms. The number of ether oxygens (including phenoxy) is 2. The first-order chi connectivity index (χ1) is 17.1. The molecule has 1 aromatic carbocycles. The van der Waals surface area contributed by atoms with E-state index in [-0.39, 0.29) is 60.1 Å². The van der Waals surface area contributed by atoms with E-state index < -0.39 is 17.8 Å². The monoisotopic (exact) mass is 485 g/mol. The van der Waals surface area contributed by atoms with Gasteiger partial charge in [-0.1, -0.05) is 25.3 Å². The van der Waals surface area contributed by atoms with E-state index in [1.54, 1.807) is 44.2 Å². The molecule has 1 N–H and O–H groups in total. The van der Waals surface area contributed by atoms with Crippen LogP contribution in [0.1, 0.15) is 19.4 Å². The highest BCUT2D eigenvalue weighted by Gasteiger charge is 2.31. The zero-order valence-corrected chi connectivity index (χ0v) is 19.9. The van der Waals surface area contributed by atoms with Gasteiger partial charge in [-0.15, -0.1) is 0 Å². The molecule has 2 rings (SSSR count). The van der Waals surface area contributed by atoms with Gasteiger partial charge in [-0.25, -0.2) is 24.5 Å². The molecule has 1 aromatic rings. The van der Waals surface area contributed by atoms with Crippen LogP contribution in [0.4, 0.5) is 5.69 Å². The Kier molecular flexibility index (Phi) is 9.31. The number of carbonyl (C=O) groups is 3. The quantitative estimate of drug-likeness (QED) is 0.234. The summed E-state index contributed by atoms with van der Waals surface area (Å²) >= 11 is 0. The van der Waals surface area contributed by atoms with Gasteiger partial charge in [0.15, 0.2) is 0 Å². The summed E-state index contributed by atoms with van der Waals surface area (Å²) in [6, 6.07) is 8.32. The van der Waals surface area contributed by atoms with Crippen LogP contribution in [0.15, 0.2) is 65.7 Å². The van der Waals surface area contributed by atoms with Crippen LogP contribution < -0.4 is 10.2 Å². The Morgan fingerprint density at radius 2 is 1.58 bits per heavy atom. The molecule has 10 nitrogen and oxygen atoms in total. The lowest BCUT2D eigenvalue weighted by atomic mass is 10.0. The fourth-order valence-corrected chi connectivity index (χ4v) is 3.11. The Morgan fingerprint density at radius 1 is 1.06 bits per heavy atom. The molecule has 1 aliphatic heterocycles. The molecule has 0 fully saturated rings. The van der Waals surface area contributed by atoms with Crippen molar-refractivity contribution in [2.24, 2.45) is 0 Å². The van der Waals surface area contributed by atoms with Crippen LogP contribution >= 0.6 is 0 Å². The fraction of sp³-hybridized carbons (Fsp3) is 0.231. The Bertz CT molecular complexity index is 1250. The lowest BCUT2D eigenvalue weighted by Crippen LogP contribution is -2.32. The zero-order valence-electron chi connectivity index (χ0n) is 19.9. The van der Waals surface area contributed by atoms with Gasteiger partial charge in [0.05, 0.1) is 43.6 Å². The number of nitriles is 1. The van der Waals surface area contributed by atoms with Crippen molar-refractivity contribution in [1.82, 2.24) is 5.32 Å². The highest BCUT2D eigenvalue weighted by atomic mass is 16.5. The number of anilines is 1. The van der Waals surface area contributed by atoms with Gasteiger partial charge in [0.1, 0.15) is 13.2 Å². The van der Waals surface area contributed by atoms with Gasteiger partial charge in [0.25, 0.3) is 5.70 Å². The molecule has 0 atom stereocenters. The summed E-state index contributed by atoms with van der Waals surface area (Å²) in [4.78, 5) is 44.2. The molecule has 1 amide bonds. The predicted octanol–water partition coefficient (Wildman–Crippen LogP) is 3.15.